The largest absolute Gasteiger partial charge is 0.381 e. The van der Waals surface area contributed by atoms with Crippen molar-refractivity contribution in [1.29, 1.82) is 0 Å². The lowest BCUT2D eigenvalue weighted by molar-refractivity contribution is 0.387. The Morgan fingerprint density at radius 3 is 2.79 bits per heavy atom. The molecule has 2 heterocycles. The van der Waals surface area contributed by atoms with Crippen molar-refractivity contribution in [1.82, 2.24) is 20.2 Å². The van der Waals surface area contributed by atoms with Gasteiger partial charge in [-0.25, -0.2) is 4.68 Å². The van der Waals surface area contributed by atoms with Crippen LogP contribution in [0.25, 0.3) is 0 Å². The molecule has 6 nitrogen and oxygen atoms in total. The molecule has 2 aromatic rings. The minimum atomic E-state index is 0.449. The molecule has 0 aliphatic rings. The summed E-state index contributed by atoms with van der Waals surface area (Å²) in [5.41, 5.74) is 7.22. The van der Waals surface area contributed by atoms with Crippen LogP contribution >= 0.6 is 0 Å². The van der Waals surface area contributed by atoms with Crippen LogP contribution in [0.2, 0.25) is 0 Å². The van der Waals surface area contributed by atoms with Crippen molar-refractivity contribution < 1.29 is 4.52 Å². The minimum Gasteiger partial charge on any atom is -0.381 e. The molecule has 2 N–H and O–H groups in total. The predicted molar refractivity (Wildman–Crippen MR) is 49.5 cm³/mol. The van der Waals surface area contributed by atoms with E-state index >= 15 is 0 Å². The number of hydrogen-bond acceptors (Lipinski definition) is 5. The topological polar surface area (TPSA) is 82.8 Å². The molecule has 0 bridgehead atoms. The number of nitrogens with zero attached hydrogens (tertiary/aromatic N) is 4. The molecule has 0 aliphatic heterocycles. The molecular formula is C8H11N5O. The van der Waals surface area contributed by atoms with Gasteiger partial charge in [-0.15, -0.1) is 5.10 Å². The van der Waals surface area contributed by atoms with Crippen molar-refractivity contribution in [3.05, 3.63) is 23.2 Å². The lowest BCUT2D eigenvalue weighted by atomic mass is 10.3. The van der Waals surface area contributed by atoms with Crippen LogP contribution in [0.15, 0.2) is 10.6 Å². The lowest BCUT2D eigenvalue weighted by Gasteiger charge is -1.97. The van der Waals surface area contributed by atoms with E-state index in [2.05, 4.69) is 15.5 Å². The number of rotatable bonds is 2. The molecule has 0 atom stereocenters. The third-order valence-corrected chi connectivity index (χ3v) is 2.01. The van der Waals surface area contributed by atoms with Crippen LogP contribution < -0.4 is 5.73 Å². The van der Waals surface area contributed by atoms with Crippen LogP contribution in [0.4, 0.5) is 5.82 Å². The summed E-state index contributed by atoms with van der Waals surface area (Å²) in [5.74, 6) is 1.23. The van der Waals surface area contributed by atoms with Crippen molar-refractivity contribution in [3.8, 4) is 0 Å². The number of hydrogen-bond donors (Lipinski definition) is 1. The first-order valence-corrected chi connectivity index (χ1v) is 4.24. The molecule has 14 heavy (non-hydrogen) atoms. The second-order valence-electron chi connectivity index (χ2n) is 3.15. The second-order valence-corrected chi connectivity index (χ2v) is 3.15. The van der Waals surface area contributed by atoms with Crippen LogP contribution in [-0.4, -0.2) is 20.2 Å². The van der Waals surface area contributed by atoms with Gasteiger partial charge in [0.15, 0.2) is 5.82 Å². The van der Waals surface area contributed by atoms with Crippen LogP contribution in [0.1, 0.15) is 17.1 Å². The van der Waals surface area contributed by atoms with Crippen LogP contribution in [0.3, 0.4) is 0 Å². The average molecular weight is 193 g/mol. The molecule has 0 fully saturated rings. The smallest absolute Gasteiger partial charge is 0.168 e. The van der Waals surface area contributed by atoms with E-state index in [1.807, 2.05) is 19.9 Å². The molecule has 0 radical (unpaired) electrons. The standard InChI is InChI=1S/C8H11N5O/c1-5-3-7(11-14-5)4-13-6(2)8(9)10-12-13/h3H,4,9H2,1-2H3. The normalized spacial score (nSPS) is 10.7. The Morgan fingerprint density at radius 1 is 1.50 bits per heavy atom. The average Bonchev–Trinajstić information content (AvgIpc) is 2.67. The van der Waals surface area contributed by atoms with Gasteiger partial charge in [-0.1, -0.05) is 10.4 Å². The van der Waals surface area contributed by atoms with E-state index in [1.54, 1.807) is 4.68 Å². The monoisotopic (exact) mass is 193 g/mol. The van der Waals surface area contributed by atoms with E-state index in [0.29, 0.717) is 12.4 Å². The first kappa shape index (κ1) is 8.74. The summed E-state index contributed by atoms with van der Waals surface area (Å²) in [7, 11) is 0. The second kappa shape index (κ2) is 3.13. The third kappa shape index (κ3) is 1.46. The van der Waals surface area contributed by atoms with Gasteiger partial charge in [-0.3, -0.25) is 0 Å². The fourth-order valence-corrected chi connectivity index (χ4v) is 1.17. The van der Waals surface area contributed by atoms with Crippen LogP contribution in [0.5, 0.6) is 0 Å². The van der Waals surface area contributed by atoms with Crippen molar-refractivity contribution in [2.24, 2.45) is 0 Å². The van der Waals surface area contributed by atoms with Gasteiger partial charge in [0.1, 0.15) is 11.5 Å². The SMILES string of the molecule is Cc1cc(Cn2nnc(N)c2C)no1. The van der Waals surface area contributed by atoms with Crippen LogP contribution in [0, 0.1) is 13.8 Å². The Balaban J connectivity index is 2.22. The Labute approximate surface area is 80.7 Å². The first-order chi connectivity index (χ1) is 6.66. The molecule has 2 rings (SSSR count). The highest BCUT2D eigenvalue weighted by Crippen LogP contribution is 2.08. The molecule has 0 amide bonds. The molecule has 0 aliphatic carbocycles. The maximum atomic E-state index is 5.56. The zero-order valence-corrected chi connectivity index (χ0v) is 8.06. The van der Waals surface area contributed by atoms with Gasteiger partial charge >= 0.3 is 0 Å². The van der Waals surface area contributed by atoms with E-state index in [0.717, 1.165) is 17.1 Å². The molecule has 0 spiro atoms. The van der Waals surface area contributed by atoms with E-state index in [4.69, 9.17) is 10.3 Å². The highest BCUT2D eigenvalue weighted by Gasteiger charge is 2.07. The Morgan fingerprint density at radius 2 is 2.29 bits per heavy atom. The minimum absolute atomic E-state index is 0.449. The molecule has 2 aromatic heterocycles. The van der Waals surface area contributed by atoms with Gasteiger partial charge in [0.2, 0.25) is 0 Å². The quantitative estimate of drug-likeness (QED) is 0.751. The first-order valence-electron chi connectivity index (χ1n) is 4.24. The Hall–Kier alpha value is -1.85. The summed E-state index contributed by atoms with van der Waals surface area (Å²) in [6.07, 6.45) is 0. The maximum Gasteiger partial charge on any atom is 0.168 e. The summed E-state index contributed by atoms with van der Waals surface area (Å²) in [6.45, 7) is 4.24. The number of nitrogen functional groups attached to an aromatic ring is 1. The van der Waals surface area contributed by atoms with E-state index in [1.165, 1.54) is 0 Å². The van der Waals surface area contributed by atoms with Crippen molar-refractivity contribution in [2.45, 2.75) is 20.4 Å². The molecule has 0 saturated heterocycles. The number of aryl methyl sites for hydroxylation is 1. The molecule has 74 valence electrons. The van der Waals surface area contributed by atoms with E-state index < -0.39 is 0 Å². The molecule has 0 saturated carbocycles. The van der Waals surface area contributed by atoms with Gasteiger partial charge < -0.3 is 10.3 Å². The fourth-order valence-electron chi connectivity index (χ4n) is 1.17. The van der Waals surface area contributed by atoms with E-state index in [9.17, 15) is 0 Å². The fraction of sp³-hybridized carbons (Fsp3) is 0.375. The van der Waals surface area contributed by atoms with Gasteiger partial charge in [0.05, 0.1) is 12.2 Å². The number of nitrogens with two attached hydrogens (primary N) is 1. The lowest BCUT2D eigenvalue weighted by Crippen LogP contribution is -2.04. The predicted octanol–water partition coefficient (Wildman–Crippen LogP) is 0.513. The Kier molecular flexibility index (Phi) is 1.95. The molecule has 6 heteroatoms. The van der Waals surface area contributed by atoms with Crippen molar-refractivity contribution in [3.63, 3.8) is 0 Å². The third-order valence-electron chi connectivity index (χ3n) is 2.01. The van der Waals surface area contributed by atoms with Gasteiger partial charge in [0, 0.05) is 6.07 Å². The zero-order chi connectivity index (χ0) is 10.1. The zero-order valence-electron chi connectivity index (χ0n) is 8.06. The summed E-state index contributed by atoms with van der Waals surface area (Å²) in [6, 6.07) is 1.86. The summed E-state index contributed by atoms with van der Waals surface area (Å²) in [5, 5.41) is 11.5. The summed E-state index contributed by atoms with van der Waals surface area (Å²) < 4.78 is 6.63. The number of anilines is 1. The summed E-state index contributed by atoms with van der Waals surface area (Å²) >= 11 is 0. The Bertz CT molecular complexity index is 444. The van der Waals surface area contributed by atoms with Crippen molar-refractivity contribution in [2.75, 3.05) is 5.73 Å². The summed E-state index contributed by atoms with van der Waals surface area (Å²) in [4.78, 5) is 0. The molecule has 0 unspecified atom stereocenters. The maximum absolute atomic E-state index is 5.56. The van der Waals surface area contributed by atoms with Gasteiger partial charge in [-0.2, -0.15) is 0 Å². The van der Waals surface area contributed by atoms with Gasteiger partial charge in [0.25, 0.3) is 0 Å². The van der Waals surface area contributed by atoms with Crippen molar-refractivity contribution >= 4 is 5.82 Å². The highest BCUT2D eigenvalue weighted by atomic mass is 16.5. The van der Waals surface area contributed by atoms with E-state index in [-0.39, 0.29) is 0 Å². The molecule has 0 aromatic carbocycles. The molecular weight excluding hydrogens is 182 g/mol. The number of aromatic nitrogens is 4. The van der Waals surface area contributed by atoms with Crippen LogP contribution in [-0.2, 0) is 6.54 Å². The van der Waals surface area contributed by atoms with Gasteiger partial charge in [-0.05, 0) is 13.8 Å². The highest BCUT2D eigenvalue weighted by molar-refractivity contribution is 5.31.